The number of carbonyl (C=O) groups excluding carboxylic acids is 1. The Morgan fingerprint density at radius 2 is 2.35 bits per heavy atom. The predicted molar refractivity (Wildman–Crippen MR) is 64.0 cm³/mol. The number of ether oxygens (including phenoxy) is 1. The van der Waals surface area contributed by atoms with Crippen LogP contribution in [0.3, 0.4) is 0 Å². The molecule has 1 aromatic rings. The van der Waals surface area contributed by atoms with E-state index in [1.165, 1.54) is 18.9 Å². The molecule has 0 amide bonds. The third kappa shape index (κ3) is 3.47. The normalized spacial score (nSPS) is 9.53. The molecule has 17 heavy (non-hydrogen) atoms. The first-order valence-corrected chi connectivity index (χ1v) is 6.05. The molecule has 0 saturated heterocycles. The average molecular weight is 273 g/mol. The largest absolute Gasteiger partial charge is 0.468 e. The minimum atomic E-state index is -0.464. The van der Waals surface area contributed by atoms with Crippen LogP contribution in [0.4, 0.5) is 5.82 Å². The highest BCUT2D eigenvalue weighted by Gasteiger charge is 2.13. The number of methoxy groups -OCH3 is 1. The predicted octanol–water partition coefficient (Wildman–Crippen LogP) is 1.31. The van der Waals surface area contributed by atoms with Crippen molar-refractivity contribution >= 4 is 35.1 Å². The van der Waals surface area contributed by atoms with Gasteiger partial charge in [0, 0.05) is 0 Å². The molecule has 1 heterocycles. The summed E-state index contributed by atoms with van der Waals surface area (Å²) in [6.07, 6.45) is 1.78. The zero-order valence-electron chi connectivity index (χ0n) is 9.15. The Bertz CT molecular complexity index is 475. The lowest BCUT2D eigenvalue weighted by atomic mass is 10.3. The van der Waals surface area contributed by atoms with E-state index in [9.17, 15) is 4.79 Å². The summed E-state index contributed by atoms with van der Waals surface area (Å²) in [6.45, 7) is -0.0909. The van der Waals surface area contributed by atoms with E-state index in [2.05, 4.69) is 20.0 Å². The molecule has 0 atom stereocenters. The number of nitrogens with one attached hydrogen (secondary N) is 1. The number of nitriles is 1. The SMILES string of the molecule is COC(=O)CNc1nc(SC)nc(Cl)c1C#N. The molecule has 90 valence electrons. The standard InChI is InChI=1S/C9H9ClN4O2S/c1-16-6(15)4-12-8-5(3-11)7(10)13-9(14-8)17-2/h4H2,1-2H3,(H,12,13,14). The van der Waals surface area contributed by atoms with Crippen molar-refractivity contribution in [1.29, 1.82) is 5.26 Å². The summed E-state index contributed by atoms with van der Waals surface area (Å²) in [5.74, 6) is -0.239. The highest BCUT2D eigenvalue weighted by Crippen LogP contribution is 2.23. The summed E-state index contributed by atoms with van der Waals surface area (Å²) < 4.78 is 4.47. The minimum Gasteiger partial charge on any atom is -0.468 e. The van der Waals surface area contributed by atoms with E-state index in [0.29, 0.717) is 5.16 Å². The molecule has 0 unspecified atom stereocenters. The number of thioether (sulfide) groups is 1. The lowest BCUT2D eigenvalue weighted by molar-refractivity contribution is -0.138. The van der Waals surface area contributed by atoms with E-state index in [1.54, 1.807) is 6.26 Å². The van der Waals surface area contributed by atoms with Gasteiger partial charge in [-0.25, -0.2) is 9.97 Å². The van der Waals surface area contributed by atoms with Gasteiger partial charge in [-0.05, 0) is 6.26 Å². The molecule has 6 nitrogen and oxygen atoms in total. The van der Waals surface area contributed by atoms with Gasteiger partial charge < -0.3 is 10.1 Å². The number of esters is 1. The maximum absolute atomic E-state index is 11.0. The Hall–Kier alpha value is -1.52. The average Bonchev–Trinajstić information content (AvgIpc) is 2.35. The maximum atomic E-state index is 11.0. The van der Waals surface area contributed by atoms with Crippen LogP contribution in [-0.4, -0.2) is 35.8 Å². The number of aromatic nitrogens is 2. The molecule has 1 N–H and O–H groups in total. The number of carbonyl (C=O) groups is 1. The Morgan fingerprint density at radius 3 is 2.88 bits per heavy atom. The van der Waals surface area contributed by atoms with Crippen LogP contribution in [0.5, 0.6) is 0 Å². The number of rotatable bonds is 4. The van der Waals surface area contributed by atoms with E-state index >= 15 is 0 Å². The van der Waals surface area contributed by atoms with Crippen molar-refractivity contribution in [2.45, 2.75) is 5.16 Å². The molecule has 0 aromatic carbocycles. The van der Waals surface area contributed by atoms with Crippen LogP contribution in [0.2, 0.25) is 5.15 Å². The highest BCUT2D eigenvalue weighted by atomic mass is 35.5. The fourth-order valence-electron chi connectivity index (χ4n) is 0.960. The number of halogens is 1. The third-order valence-corrected chi connectivity index (χ3v) is 2.59. The number of hydrogen-bond acceptors (Lipinski definition) is 7. The van der Waals surface area contributed by atoms with Crippen LogP contribution < -0.4 is 5.32 Å². The second kappa shape index (κ2) is 6.27. The molecule has 8 heteroatoms. The van der Waals surface area contributed by atoms with E-state index < -0.39 is 5.97 Å². The molecule has 1 aromatic heterocycles. The van der Waals surface area contributed by atoms with Gasteiger partial charge in [-0.2, -0.15) is 5.26 Å². The first-order chi connectivity index (χ1) is 8.12. The summed E-state index contributed by atoms with van der Waals surface area (Å²) in [6, 6.07) is 1.88. The molecular formula is C9H9ClN4O2S. The van der Waals surface area contributed by atoms with Crippen LogP contribution >= 0.6 is 23.4 Å². The van der Waals surface area contributed by atoms with Gasteiger partial charge in [0.25, 0.3) is 0 Å². The van der Waals surface area contributed by atoms with E-state index in [0.717, 1.165) is 0 Å². The molecule has 0 bridgehead atoms. The van der Waals surface area contributed by atoms with Gasteiger partial charge in [0.2, 0.25) is 0 Å². The van der Waals surface area contributed by atoms with E-state index in [-0.39, 0.29) is 23.1 Å². The molecule has 0 radical (unpaired) electrons. The Morgan fingerprint density at radius 1 is 1.65 bits per heavy atom. The first kappa shape index (κ1) is 13.5. The molecule has 0 fully saturated rings. The summed E-state index contributed by atoms with van der Waals surface area (Å²) in [5.41, 5.74) is 0.105. The molecule has 0 aliphatic carbocycles. The van der Waals surface area contributed by atoms with Crippen molar-refractivity contribution < 1.29 is 9.53 Å². The second-order valence-electron chi connectivity index (χ2n) is 2.77. The first-order valence-electron chi connectivity index (χ1n) is 4.44. The van der Waals surface area contributed by atoms with Crippen LogP contribution in [0.25, 0.3) is 0 Å². The third-order valence-electron chi connectivity index (χ3n) is 1.77. The fraction of sp³-hybridized carbons (Fsp3) is 0.333. The molecule has 0 aliphatic heterocycles. The zero-order valence-corrected chi connectivity index (χ0v) is 10.7. The van der Waals surface area contributed by atoms with E-state index in [1.807, 2.05) is 6.07 Å². The Kier molecular flexibility index (Phi) is 5.00. The molecule has 0 aliphatic rings. The van der Waals surface area contributed by atoms with Gasteiger partial charge in [-0.1, -0.05) is 23.4 Å². The maximum Gasteiger partial charge on any atom is 0.325 e. The lowest BCUT2D eigenvalue weighted by Crippen LogP contribution is -2.17. The Labute approximate surface area is 107 Å². The lowest BCUT2D eigenvalue weighted by Gasteiger charge is -2.07. The summed E-state index contributed by atoms with van der Waals surface area (Å²) in [7, 11) is 1.27. The molecule has 0 spiro atoms. The molecule has 1 rings (SSSR count). The molecular weight excluding hydrogens is 264 g/mol. The van der Waals surface area contributed by atoms with Crippen molar-refractivity contribution in [3.63, 3.8) is 0 Å². The number of hydrogen-bond donors (Lipinski definition) is 1. The number of nitrogens with zero attached hydrogens (tertiary/aromatic N) is 3. The van der Waals surface area contributed by atoms with Crippen molar-refractivity contribution in [2.24, 2.45) is 0 Å². The fourth-order valence-corrected chi connectivity index (χ4v) is 1.59. The summed E-state index contributed by atoms with van der Waals surface area (Å²) >= 11 is 7.10. The monoisotopic (exact) mass is 272 g/mol. The van der Waals surface area contributed by atoms with Gasteiger partial charge in [-0.15, -0.1) is 0 Å². The van der Waals surface area contributed by atoms with Gasteiger partial charge >= 0.3 is 5.97 Å². The van der Waals surface area contributed by atoms with Crippen LogP contribution in [0, 0.1) is 11.3 Å². The topological polar surface area (TPSA) is 87.9 Å². The summed E-state index contributed by atoms with van der Waals surface area (Å²) in [5, 5.41) is 12.1. The molecule has 0 saturated carbocycles. The van der Waals surface area contributed by atoms with Gasteiger partial charge in [0.15, 0.2) is 16.1 Å². The van der Waals surface area contributed by atoms with Crippen molar-refractivity contribution in [1.82, 2.24) is 9.97 Å². The van der Waals surface area contributed by atoms with Crippen LogP contribution in [0.1, 0.15) is 5.56 Å². The Balaban J connectivity index is 3.00. The van der Waals surface area contributed by atoms with Crippen molar-refractivity contribution in [3.8, 4) is 6.07 Å². The smallest absolute Gasteiger partial charge is 0.325 e. The van der Waals surface area contributed by atoms with Gasteiger partial charge in [0.05, 0.1) is 7.11 Å². The zero-order chi connectivity index (χ0) is 12.8. The van der Waals surface area contributed by atoms with Gasteiger partial charge in [-0.3, -0.25) is 4.79 Å². The minimum absolute atomic E-state index is 0.0548. The van der Waals surface area contributed by atoms with Crippen LogP contribution in [-0.2, 0) is 9.53 Å². The second-order valence-corrected chi connectivity index (χ2v) is 3.90. The van der Waals surface area contributed by atoms with E-state index in [4.69, 9.17) is 16.9 Å². The van der Waals surface area contributed by atoms with Gasteiger partial charge in [0.1, 0.15) is 18.2 Å². The van der Waals surface area contributed by atoms with Crippen molar-refractivity contribution in [3.05, 3.63) is 10.7 Å². The quantitative estimate of drug-likeness (QED) is 0.383. The van der Waals surface area contributed by atoms with Crippen LogP contribution in [0.15, 0.2) is 5.16 Å². The van der Waals surface area contributed by atoms with Crippen molar-refractivity contribution in [2.75, 3.05) is 25.2 Å². The summed E-state index contributed by atoms with van der Waals surface area (Å²) in [4.78, 5) is 18.9. The number of anilines is 1. The highest BCUT2D eigenvalue weighted by molar-refractivity contribution is 7.98.